The molecule has 2 aromatic carbocycles. The van der Waals surface area contributed by atoms with Gasteiger partial charge in [-0.05, 0) is 35.7 Å². The van der Waals surface area contributed by atoms with Crippen LogP contribution in [0.3, 0.4) is 0 Å². The molecule has 0 bridgehead atoms. The third-order valence-electron chi connectivity index (χ3n) is 3.28. The molecule has 0 aromatic heterocycles. The van der Waals surface area contributed by atoms with Crippen LogP contribution in [0.4, 0.5) is 17.6 Å². The Morgan fingerprint density at radius 2 is 1.67 bits per heavy atom. The van der Waals surface area contributed by atoms with Crippen molar-refractivity contribution in [1.82, 2.24) is 0 Å². The number of alkyl halides is 4. The summed E-state index contributed by atoms with van der Waals surface area (Å²) in [5, 5.41) is 0. The van der Waals surface area contributed by atoms with Gasteiger partial charge in [-0.2, -0.15) is 13.2 Å². The van der Waals surface area contributed by atoms with Crippen molar-refractivity contribution in [2.45, 2.75) is 24.3 Å². The van der Waals surface area contributed by atoms with Crippen LogP contribution in [-0.2, 0) is 12.6 Å². The number of rotatable bonds is 3. The van der Waals surface area contributed by atoms with Crippen LogP contribution in [0.5, 0.6) is 0 Å². The van der Waals surface area contributed by atoms with Crippen LogP contribution < -0.4 is 0 Å². The number of hydrogen-bond donors (Lipinski definition) is 0. The molecule has 2 rings (SSSR count). The lowest BCUT2D eigenvalue weighted by atomic mass is 10.0. The maximum absolute atomic E-state index is 13.8. The van der Waals surface area contributed by atoms with Crippen LogP contribution in [0, 0.1) is 5.82 Å². The van der Waals surface area contributed by atoms with Crippen LogP contribution in [0.2, 0.25) is 0 Å². The average molecular weight is 361 g/mol. The standard InChI is InChI=1S/C16H13BrF4/c1-2-10-3-5-11(6-4-10)15(17)13-9-12(16(19,20)21)7-8-14(13)18/h3-9,15H,2H2,1H3. The van der Waals surface area contributed by atoms with Gasteiger partial charge in [-0.3, -0.25) is 0 Å². The molecule has 2 aromatic rings. The lowest BCUT2D eigenvalue weighted by Gasteiger charge is -2.15. The first-order chi connectivity index (χ1) is 9.82. The van der Waals surface area contributed by atoms with E-state index in [2.05, 4.69) is 15.9 Å². The predicted octanol–water partition coefficient (Wildman–Crippen LogP) is 5.89. The van der Waals surface area contributed by atoms with Crippen molar-refractivity contribution >= 4 is 15.9 Å². The van der Waals surface area contributed by atoms with E-state index in [1.54, 1.807) is 12.1 Å². The Morgan fingerprint density at radius 3 is 2.19 bits per heavy atom. The summed E-state index contributed by atoms with van der Waals surface area (Å²) >= 11 is 3.28. The SMILES string of the molecule is CCc1ccc(C(Br)c2cc(C(F)(F)F)ccc2F)cc1. The van der Waals surface area contributed by atoms with E-state index in [-0.39, 0.29) is 5.56 Å². The highest BCUT2D eigenvalue weighted by Gasteiger charge is 2.32. The van der Waals surface area contributed by atoms with E-state index in [4.69, 9.17) is 0 Å². The van der Waals surface area contributed by atoms with Gasteiger partial charge in [0, 0.05) is 5.56 Å². The molecule has 0 aliphatic heterocycles. The first kappa shape index (κ1) is 16.0. The fourth-order valence-electron chi connectivity index (χ4n) is 2.02. The highest BCUT2D eigenvalue weighted by Crippen LogP contribution is 2.37. The minimum absolute atomic E-state index is 0.0194. The van der Waals surface area contributed by atoms with Gasteiger partial charge in [-0.25, -0.2) is 4.39 Å². The summed E-state index contributed by atoms with van der Waals surface area (Å²) in [4.78, 5) is -0.620. The van der Waals surface area contributed by atoms with Crippen molar-refractivity contribution < 1.29 is 17.6 Å². The highest BCUT2D eigenvalue weighted by atomic mass is 79.9. The summed E-state index contributed by atoms with van der Waals surface area (Å²) in [7, 11) is 0. The highest BCUT2D eigenvalue weighted by molar-refractivity contribution is 9.09. The van der Waals surface area contributed by atoms with Crippen molar-refractivity contribution in [3.8, 4) is 0 Å². The van der Waals surface area contributed by atoms with Crippen LogP contribution >= 0.6 is 15.9 Å². The molecule has 5 heteroatoms. The third kappa shape index (κ3) is 3.64. The smallest absolute Gasteiger partial charge is 0.207 e. The normalized spacial score (nSPS) is 13.2. The van der Waals surface area contributed by atoms with E-state index in [1.165, 1.54) is 0 Å². The zero-order chi connectivity index (χ0) is 15.6. The zero-order valence-corrected chi connectivity index (χ0v) is 12.8. The molecular weight excluding hydrogens is 348 g/mol. The number of aryl methyl sites for hydroxylation is 1. The Bertz CT molecular complexity index is 617. The molecule has 112 valence electrons. The molecule has 1 unspecified atom stereocenters. The second kappa shape index (κ2) is 6.18. The van der Waals surface area contributed by atoms with Crippen molar-refractivity contribution in [2.24, 2.45) is 0 Å². The van der Waals surface area contributed by atoms with E-state index in [9.17, 15) is 17.6 Å². The van der Waals surface area contributed by atoms with Gasteiger partial charge >= 0.3 is 6.18 Å². The zero-order valence-electron chi connectivity index (χ0n) is 11.2. The van der Waals surface area contributed by atoms with Gasteiger partial charge in [-0.1, -0.05) is 47.1 Å². The van der Waals surface area contributed by atoms with Crippen LogP contribution in [0.1, 0.15) is 34.0 Å². The summed E-state index contributed by atoms with van der Waals surface area (Å²) in [6.07, 6.45) is -3.62. The summed E-state index contributed by atoms with van der Waals surface area (Å²) in [6, 6.07) is 9.80. The molecule has 0 saturated carbocycles. The van der Waals surface area contributed by atoms with Crippen molar-refractivity contribution in [1.29, 1.82) is 0 Å². The Balaban J connectivity index is 2.39. The predicted molar refractivity (Wildman–Crippen MR) is 78.0 cm³/mol. The van der Waals surface area contributed by atoms with Crippen molar-refractivity contribution in [2.75, 3.05) is 0 Å². The summed E-state index contributed by atoms with van der Waals surface area (Å²) in [5.74, 6) is -0.663. The molecule has 1 atom stereocenters. The minimum atomic E-state index is -4.48. The molecule has 0 amide bonds. The van der Waals surface area contributed by atoms with Crippen molar-refractivity contribution in [3.63, 3.8) is 0 Å². The summed E-state index contributed by atoms with van der Waals surface area (Å²) in [6.45, 7) is 2.01. The Labute approximate surface area is 128 Å². The second-order valence-corrected chi connectivity index (χ2v) is 5.61. The molecule has 0 aliphatic carbocycles. The summed E-state index contributed by atoms with van der Waals surface area (Å²) in [5.41, 5.74) is 0.955. The number of hydrogen-bond acceptors (Lipinski definition) is 0. The molecule has 21 heavy (non-hydrogen) atoms. The van der Waals surface area contributed by atoms with Gasteiger partial charge in [0.05, 0.1) is 10.4 Å². The molecule has 0 saturated heterocycles. The van der Waals surface area contributed by atoms with Gasteiger partial charge in [0.1, 0.15) is 5.82 Å². The minimum Gasteiger partial charge on any atom is -0.207 e. The van der Waals surface area contributed by atoms with Gasteiger partial charge in [-0.15, -0.1) is 0 Å². The fraction of sp³-hybridized carbons (Fsp3) is 0.250. The quantitative estimate of drug-likeness (QED) is 0.472. The maximum Gasteiger partial charge on any atom is 0.416 e. The monoisotopic (exact) mass is 360 g/mol. The molecule has 0 fully saturated rings. The second-order valence-electron chi connectivity index (χ2n) is 4.69. The van der Waals surface area contributed by atoms with Crippen molar-refractivity contribution in [3.05, 3.63) is 70.5 Å². The Morgan fingerprint density at radius 1 is 1.05 bits per heavy atom. The van der Waals surface area contributed by atoms with Gasteiger partial charge < -0.3 is 0 Å². The Hall–Kier alpha value is -1.36. The molecule has 0 nitrogen and oxygen atoms in total. The fourth-order valence-corrected chi connectivity index (χ4v) is 2.67. The lowest BCUT2D eigenvalue weighted by Crippen LogP contribution is -2.07. The van der Waals surface area contributed by atoms with E-state index in [1.807, 2.05) is 19.1 Å². The molecule has 0 aliphatic rings. The van der Waals surface area contributed by atoms with E-state index >= 15 is 0 Å². The van der Waals surface area contributed by atoms with Gasteiger partial charge in [0.15, 0.2) is 0 Å². The molecule has 0 N–H and O–H groups in total. The topological polar surface area (TPSA) is 0 Å². The van der Waals surface area contributed by atoms with Crippen LogP contribution in [0.25, 0.3) is 0 Å². The summed E-state index contributed by atoms with van der Waals surface area (Å²) < 4.78 is 52.0. The first-order valence-electron chi connectivity index (χ1n) is 6.42. The largest absolute Gasteiger partial charge is 0.416 e. The number of halogens is 5. The average Bonchev–Trinajstić information content (AvgIpc) is 2.46. The van der Waals surface area contributed by atoms with Crippen LogP contribution in [-0.4, -0.2) is 0 Å². The van der Waals surface area contributed by atoms with E-state index in [0.717, 1.165) is 30.2 Å². The molecular formula is C16H13BrF4. The first-order valence-corrected chi connectivity index (χ1v) is 7.34. The molecule has 0 spiro atoms. The number of benzene rings is 2. The van der Waals surface area contributed by atoms with E-state index < -0.39 is 22.4 Å². The van der Waals surface area contributed by atoms with Gasteiger partial charge in [0.2, 0.25) is 0 Å². The molecule has 0 radical (unpaired) electrons. The lowest BCUT2D eigenvalue weighted by molar-refractivity contribution is -0.137. The van der Waals surface area contributed by atoms with E-state index in [0.29, 0.717) is 5.56 Å². The van der Waals surface area contributed by atoms with Crippen LogP contribution in [0.15, 0.2) is 42.5 Å². The maximum atomic E-state index is 13.8. The Kier molecular flexibility index (Phi) is 4.71. The molecule has 0 heterocycles. The third-order valence-corrected chi connectivity index (χ3v) is 4.30. The van der Waals surface area contributed by atoms with Gasteiger partial charge in [0.25, 0.3) is 0 Å².